The molecule has 1 unspecified atom stereocenters. The fraction of sp³-hybridized carbons (Fsp3) is 0.692. The summed E-state index contributed by atoms with van der Waals surface area (Å²) in [6, 6.07) is 4.74. The summed E-state index contributed by atoms with van der Waals surface area (Å²) in [5, 5.41) is 2.14. The molecule has 16 heavy (non-hydrogen) atoms. The lowest BCUT2D eigenvalue weighted by atomic mass is 9.88. The quantitative estimate of drug-likeness (QED) is 0.540. The second-order valence-electron chi connectivity index (χ2n) is 4.39. The molecule has 0 saturated carbocycles. The van der Waals surface area contributed by atoms with E-state index in [9.17, 15) is 0 Å². The summed E-state index contributed by atoms with van der Waals surface area (Å²) in [6.07, 6.45) is 6.10. The van der Waals surface area contributed by atoms with Gasteiger partial charge in [0.25, 0.3) is 0 Å². The molecule has 1 atom stereocenters. The van der Waals surface area contributed by atoms with Gasteiger partial charge in [0.1, 0.15) is 0 Å². The Morgan fingerprint density at radius 1 is 1.31 bits per heavy atom. The van der Waals surface area contributed by atoms with Crippen molar-refractivity contribution < 1.29 is 0 Å². The van der Waals surface area contributed by atoms with Crippen molar-refractivity contribution in [2.45, 2.75) is 52.0 Å². The van der Waals surface area contributed by atoms with Gasteiger partial charge in [-0.15, -0.1) is 11.3 Å². The van der Waals surface area contributed by atoms with E-state index < -0.39 is 0 Å². The topological polar surface area (TPSA) is 38.0 Å². The molecule has 0 radical (unpaired) electrons. The average Bonchev–Trinajstić information content (AvgIpc) is 2.78. The van der Waals surface area contributed by atoms with E-state index in [2.05, 4.69) is 36.8 Å². The van der Waals surface area contributed by atoms with Crippen LogP contribution in [0, 0.1) is 5.92 Å². The zero-order chi connectivity index (χ0) is 11.8. The van der Waals surface area contributed by atoms with Gasteiger partial charge >= 0.3 is 0 Å². The molecule has 92 valence electrons. The third kappa shape index (κ3) is 4.24. The first-order chi connectivity index (χ1) is 7.81. The summed E-state index contributed by atoms with van der Waals surface area (Å²) in [7, 11) is 0. The highest BCUT2D eigenvalue weighted by molar-refractivity contribution is 7.09. The van der Waals surface area contributed by atoms with E-state index in [1.54, 1.807) is 0 Å². The van der Waals surface area contributed by atoms with Crippen molar-refractivity contribution in [3.8, 4) is 0 Å². The van der Waals surface area contributed by atoms with Gasteiger partial charge in [-0.3, -0.25) is 11.3 Å². The van der Waals surface area contributed by atoms with E-state index >= 15 is 0 Å². The summed E-state index contributed by atoms with van der Waals surface area (Å²) < 4.78 is 0. The van der Waals surface area contributed by atoms with Crippen LogP contribution >= 0.6 is 11.3 Å². The number of hydrogen-bond acceptors (Lipinski definition) is 3. The van der Waals surface area contributed by atoms with Crippen LogP contribution in [0.25, 0.3) is 0 Å². The van der Waals surface area contributed by atoms with E-state index in [1.807, 2.05) is 11.3 Å². The molecule has 0 aliphatic carbocycles. The summed E-state index contributed by atoms with van der Waals surface area (Å²) >= 11 is 1.82. The third-order valence-electron chi connectivity index (χ3n) is 3.10. The molecule has 0 aromatic carbocycles. The normalized spacial score (nSPS) is 13.2. The van der Waals surface area contributed by atoms with Gasteiger partial charge < -0.3 is 0 Å². The van der Waals surface area contributed by atoms with Crippen LogP contribution in [0.4, 0.5) is 0 Å². The van der Waals surface area contributed by atoms with Gasteiger partial charge in [-0.1, -0.05) is 32.8 Å². The van der Waals surface area contributed by atoms with E-state index in [-0.39, 0.29) is 0 Å². The Hall–Kier alpha value is -0.380. The number of thiophene rings is 1. The number of nitrogens with two attached hydrogens (primary N) is 1. The fourth-order valence-electron chi connectivity index (χ4n) is 2.30. The first-order valence-electron chi connectivity index (χ1n) is 6.30. The van der Waals surface area contributed by atoms with Gasteiger partial charge in [-0.05, 0) is 36.6 Å². The third-order valence-corrected chi connectivity index (χ3v) is 4.00. The predicted molar refractivity (Wildman–Crippen MR) is 72.4 cm³/mol. The maximum Gasteiger partial charge on any atom is 0.0286 e. The molecule has 0 aliphatic rings. The average molecular weight is 240 g/mol. The molecule has 0 spiro atoms. The Bertz CT molecular complexity index is 253. The van der Waals surface area contributed by atoms with Crippen molar-refractivity contribution in [2.24, 2.45) is 11.8 Å². The summed E-state index contributed by atoms with van der Waals surface area (Å²) in [6.45, 7) is 4.50. The first-order valence-corrected chi connectivity index (χ1v) is 7.18. The second-order valence-corrected chi connectivity index (χ2v) is 5.43. The van der Waals surface area contributed by atoms with Crippen LogP contribution in [-0.4, -0.2) is 6.04 Å². The molecule has 1 aromatic heterocycles. The van der Waals surface area contributed by atoms with Crippen LogP contribution in [0.3, 0.4) is 0 Å². The molecule has 0 bridgehead atoms. The molecule has 1 heterocycles. The van der Waals surface area contributed by atoms with Gasteiger partial charge in [-0.2, -0.15) is 0 Å². The predicted octanol–water partition coefficient (Wildman–Crippen LogP) is 3.34. The van der Waals surface area contributed by atoms with Crippen LogP contribution in [0.2, 0.25) is 0 Å². The van der Waals surface area contributed by atoms with E-state index in [4.69, 9.17) is 5.84 Å². The summed E-state index contributed by atoms with van der Waals surface area (Å²) in [4.78, 5) is 1.43. The molecular weight excluding hydrogens is 216 g/mol. The van der Waals surface area contributed by atoms with Crippen molar-refractivity contribution in [1.29, 1.82) is 0 Å². The zero-order valence-corrected chi connectivity index (χ0v) is 11.2. The highest BCUT2D eigenvalue weighted by atomic mass is 32.1. The van der Waals surface area contributed by atoms with Gasteiger partial charge in [0, 0.05) is 10.9 Å². The Kier molecular flexibility index (Phi) is 6.69. The molecule has 0 amide bonds. The number of rotatable bonds is 8. The number of nitrogens with one attached hydrogen (secondary N) is 1. The summed E-state index contributed by atoms with van der Waals surface area (Å²) in [5.41, 5.74) is 3.02. The van der Waals surface area contributed by atoms with Crippen LogP contribution in [-0.2, 0) is 6.42 Å². The minimum Gasteiger partial charge on any atom is -0.271 e. The van der Waals surface area contributed by atoms with Crippen molar-refractivity contribution >= 4 is 11.3 Å². The minimum atomic E-state index is 0.429. The monoisotopic (exact) mass is 240 g/mol. The highest BCUT2D eigenvalue weighted by Crippen LogP contribution is 2.22. The second kappa shape index (κ2) is 7.82. The van der Waals surface area contributed by atoms with E-state index in [1.165, 1.54) is 30.6 Å². The lowest BCUT2D eigenvalue weighted by molar-refractivity contribution is 0.312. The molecule has 3 heteroatoms. The Labute approximate surface area is 103 Å². The van der Waals surface area contributed by atoms with Crippen LogP contribution in [0.15, 0.2) is 17.5 Å². The Morgan fingerprint density at radius 2 is 2.00 bits per heavy atom. The Balaban J connectivity index is 2.55. The Morgan fingerprint density at radius 3 is 2.44 bits per heavy atom. The first kappa shape index (κ1) is 13.7. The highest BCUT2D eigenvalue weighted by Gasteiger charge is 2.19. The van der Waals surface area contributed by atoms with E-state index in [0.717, 1.165) is 6.42 Å². The minimum absolute atomic E-state index is 0.429. The van der Waals surface area contributed by atoms with Crippen LogP contribution < -0.4 is 11.3 Å². The zero-order valence-electron chi connectivity index (χ0n) is 10.4. The molecule has 1 rings (SSSR count). The molecule has 0 aliphatic heterocycles. The molecule has 0 fully saturated rings. The maximum atomic E-state index is 5.71. The van der Waals surface area contributed by atoms with E-state index in [0.29, 0.717) is 12.0 Å². The molecule has 0 saturated heterocycles. The molecular formula is C13H24N2S. The van der Waals surface area contributed by atoms with Gasteiger partial charge in [-0.25, -0.2) is 0 Å². The van der Waals surface area contributed by atoms with Gasteiger partial charge in [0.15, 0.2) is 0 Å². The molecule has 2 nitrogen and oxygen atoms in total. The largest absolute Gasteiger partial charge is 0.271 e. The summed E-state index contributed by atoms with van der Waals surface area (Å²) in [5.74, 6) is 6.42. The van der Waals surface area contributed by atoms with Gasteiger partial charge in [0.2, 0.25) is 0 Å². The maximum absolute atomic E-state index is 5.71. The standard InChI is InChI=1S/C13H24N2S/c1-3-6-11(7-4-2)13(15-14)10-12-8-5-9-16-12/h5,8-9,11,13,15H,3-4,6-7,10,14H2,1-2H3. The lowest BCUT2D eigenvalue weighted by Gasteiger charge is -2.25. The SMILES string of the molecule is CCCC(CCC)C(Cc1cccs1)NN. The smallest absolute Gasteiger partial charge is 0.0286 e. The lowest BCUT2D eigenvalue weighted by Crippen LogP contribution is -2.42. The molecule has 1 aromatic rings. The van der Waals surface area contributed by atoms with Crippen LogP contribution in [0.5, 0.6) is 0 Å². The fourth-order valence-corrected chi connectivity index (χ4v) is 3.06. The number of hydrazine groups is 1. The molecule has 3 N–H and O–H groups in total. The van der Waals surface area contributed by atoms with Gasteiger partial charge in [0.05, 0.1) is 0 Å². The van der Waals surface area contributed by atoms with Crippen molar-refractivity contribution in [2.75, 3.05) is 0 Å². The number of hydrogen-bond donors (Lipinski definition) is 2. The van der Waals surface area contributed by atoms with Crippen molar-refractivity contribution in [3.63, 3.8) is 0 Å². The van der Waals surface area contributed by atoms with Crippen molar-refractivity contribution in [3.05, 3.63) is 22.4 Å². The van der Waals surface area contributed by atoms with Crippen LogP contribution in [0.1, 0.15) is 44.4 Å². The van der Waals surface area contributed by atoms with Crippen molar-refractivity contribution in [1.82, 2.24) is 5.43 Å².